The minimum absolute atomic E-state index is 0.0487. The molecule has 0 bridgehead atoms. The van der Waals surface area contributed by atoms with Crippen LogP contribution in [0.2, 0.25) is 0 Å². The van der Waals surface area contributed by atoms with Gasteiger partial charge in [-0.3, -0.25) is 14.4 Å². The van der Waals surface area contributed by atoms with Crippen molar-refractivity contribution >= 4 is 17.8 Å². The van der Waals surface area contributed by atoms with Crippen LogP contribution in [0.25, 0.3) is 0 Å². The zero-order chi connectivity index (χ0) is 16.1. The monoisotopic (exact) mass is 312 g/mol. The first kappa shape index (κ1) is 16.7. The Morgan fingerprint density at radius 2 is 1.82 bits per heavy atom. The summed E-state index contributed by atoms with van der Waals surface area (Å²) in [5, 5.41) is 9.09. The molecule has 0 radical (unpaired) electrons. The zero-order valence-electron chi connectivity index (χ0n) is 13.0. The molecular weight excluding hydrogens is 288 g/mol. The molecule has 0 spiro atoms. The molecule has 124 valence electrons. The van der Waals surface area contributed by atoms with Crippen molar-refractivity contribution in [1.82, 2.24) is 9.80 Å². The van der Waals surface area contributed by atoms with Crippen molar-refractivity contribution in [2.45, 2.75) is 25.7 Å². The highest BCUT2D eigenvalue weighted by atomic mass is 16.5. The number of amides is 2. The van der Waals surface area contributed by atoms with Crippen LogP contribution in [-0.2, 0) is 19.1 Å². The fourth-order valence-corrected chi connectivity index (χ4v) is 3.14. The number of carboxylic acids is 1. The molecule has 2 unspecified atom stereocenters. The molecule has 2 atom stereocenters. The lowest BCUT2D eigenvalue weighted by molar-refractivity contribution is -0.147. The van der Waals surface area contributed by atoms with Gasteiger partial charge in [-0.1, -0.05) is 6.42 Å². The Morgan fingerprint density at radius 3 is 2.45 bits per heavy atom. The number of likely N-dealkylation sites (N-methyl/N-ethyl adjacent to an activating group) is 1. The van der Waals surface area contributed by atoms with E-state index in [1.165, 1.54) is 4.90 Å². The highest BCUT2D eigenvalue weighted by Crippen LogP contribution is 2.30. The van der Waals surface area contributed by atoms with Crippen molar-refractivity contribution in [2.75, 3.05) is 39.9 Å². The summed E-state index contributed by atoms with van der Waals surface area (Å²) < 4.78 is 5.20. The van der Waals surface area contributed by atoms with E-state index in [0.717, 1.165) is 6.42 Å². The first-order valence-electron chi connectivity index (χ1n) is 7.82. The van der Waals surface area contributed by atoms with E-state index in [1.54, 1.807) is 11.9 Å². The average molecular weight is 312 g/mol. The number of carbonyl (C=O) groups excluding carboxylic acids is 2. The van der Waals surface area contributed by atoms with Crippen LogP contribution in [0.3, 0.4) is 0 Å². The SMILES string of the molecule is CN(CC(=O)N1CCOCC1)C(=O)C1CCCC(C(=O)O)C1. The fourth-order valence-electron chi connectivity index (χ4n) is 3.14. The Morgan fingerprint density at radius 1 is 1.18 bits per heavy atom. The van der Waals surface area contributed by atoms with Gasteiger partial charge in [-0.05, 0) is 19.3 Å². The van der Waals surface area contributed by atoms with E-state index >= 15 is 0 Å². The van der Waals surface area contributed by atoms with Crippen LogP contribution in [0.5, 0.6) is 0 Å². The molecule has 7 heteroatoms. The van der Waals surface area contributed by atoms with Gasteiger partial charge in [0.05, 0.1) is 25.7 Å². The first-order chi connectivity index (χ1) is 10.5. The van der Waals surface area contributed by atoms with E-state index in [9.17, 15) is 14.4 Å². The van der Waals surface area contributed by atoms with Gasteiger partial charge in [-0.2, -0.15) is 0 Å². The standard InChI is InChI=1S/C15H24N2O5/c1-16(10-13(18)17-5-7-22-8-6-17)14(19)11-3-2-4-12(9-11)15(20)21/h11-12H,2-10H2,1H3,(H,20,21). The van der Waals surface area contributed by atoms with Gasteiger partial charge < -0.3 is 19.6 Å². The molecule has 2 amide bonds. The summed E-state index contributed by atoms with van der Waals surface area (Å²) in [6.07, 6.45) is 2.47. The quantitative estimate of drug-likeness (QED) is 0.801. The minimum Gasteiger partial charge on any atom is -0.481 e. The molecule has 1 N–H and O–H groups in total. The van der Waals surface area contributed by atoms with Crippen LogP contribution in [0.1, 0.15) is 25.7 Å². The molecule has 1 saturated heterocycles. The van der Waals surface area contributed by atoms with Crippen LogP contribution in [0.4, 0.5) is 0 Å². The highest BCUT2D eigenvalue weighted by molar-refractivity contribution is 5.86. The van der Waals surface area contributed by atoms with Gasteiger partial charge in [0.15, 0.2) is 0 Å². The zero-order valence-corrected chi connectivity index (χ0v) is 13.0. The molecule has 0 aromatic heterocycles. The Labute approximate surface area is 130 Å². The summed E-state index contributed by atoms with van der Waals surface area (Å²) in [7, 11) is 1.62. The normalized spacial score (nSPS) is 25.6. The van der Waals surface area contributed by atoms with Gasteiger partial charge in [0, 0.05) is 26.1 Å². The molecule has 0 aromatic rings. The number of nitrogens with zero attached hydrogens (tertiary/aromatic N) is 2. The second-order valence-corrected chi connectivity index (χ2v) is 6.09. The molecule has 1 saturated carbocycles. The molecule has 1 heterocycles. The largest absolute Gasteiger partial charge is 0.481 e. The highest BCUT2D eigenvalue weighted by Gasteiger charge is 2.33. The molecule has 22 heavy (non-hydrogen) atoms. The number of carbonyl (C=O) groups is 3. The molecular formula is C15H24N2O5. The van der Waals surface area contributed by atoms with Crippen molar-refractivity contribution in [3.63, 3.8) is 0 Å². The molecule has 1 aliphatic carbocycles. The third-order valence-corrected chi connectivity index (χ3v) is 4.49. The van der Waals surface area contributed by atoms with E-state index < -0.39 is 11.9 Å². The lowest BCUT2D eigenvalue weighted by atomic mass is 9.81. The second-order valence-electron chi connectivity index (χ2n) is 6.09. The number of aliphatic carboxylic acids is 1. The summed E-state index contributed by atoms with van der Waals surface area (Å²) in [4.78, 5) is 38.8. The van der Waals surface area contributed by atoms with Gasteiger partial charge >= 0.3 is 5.97 Å². The molecule has 2 aliphatic rings. The van der Waals surface area contributed by atoms with Crippen LogP contribution in [0.15, 0.2) is 0 Å². The van der Waals surface area contributed by atoms with E-state index in [-0.39, 0.29) is 24.3 Å². The molecule has 2 fully saturated rings. The Kier molecular flexibility index (Phi) is 5.76. The number of hydrogen-bond acceptors (Lipinski definition) is 4. The molecule has 7 nitrogen and oxygen atoms in total. The number of morpholine rings is 1. The molecule has 1 aliphatic heterocycles. The maximum Gasteiger partial charge on any atom is 0.306 e. The van der Waals surface area contributed by atoms with Gasteiger partial charge in [0.2, 0.25) is 11.8 Å². The number of rotatable bonds is 4. The Hall–Kier alpha value is -1.63. The first-order valence-corrected chi connectivity index (χ1v) is 7.82. The summed E-state index contributed by atoms with van der Waals surface area (Å²) in [5.41, 5.74) is 0. The maximum absolute atomic E-state index is 12.4. The van der Waals surface area contributed by atoms with Crippen molar-refractivity contribution in [2.24, 2.45) is 11.8 Å². The predicted octanol–water partition coefficient (Wildman–Crippen LogP) is 0.195. The van der Waals surface area contributed by atoms with Crippen molar-refractivity contribution in [1.29, 1.82) is 0 Å². The van der Waals surface area contributed by atoms with Gasteiger partial charge in [-0.15, -0.1) is 0 Å². The Balaban J connectivity index is 1.85. The Bertz CT molecular complexity index is 434. The topological polar surface area (TPSA) is 87.2 Å². The smallest absolute Gasteiger partial charge is 0.306 e. The average Bonchev–Trinajstić information content (AvgIpc) is 2.54. The lowest BCUT2D eigenvalue weighted by Crippen LogP contribution is -2.47. The third-order valence-electron chi connectivity index (χ3n) is 4.49. The second kappa shape index (κ2) is 7.58. The summed E-state index contributed by atoms with van der Waals surface area (Å²) >= 11 is 0. The van der Waals surface area contributed by atoms with Crippen LogP contribution in [-0.4, -0.2) is 72.6 Å². The van der Waals surface area contributed by atoms with E-state index in [2.05, 4.69) is 0 Å². The van der Waals surface area contributed by atoms with E-state index in [0.29, 0.717) is 45.6 Å². The minimum atomic E-state index is -0.829. The van der Waals surface area contributed by atoms with Crippen molar-refractivity contribution in [3.8, 4) is 0 Å². The van der Waals surface area contributed by atoms with Crippen LogP contribution >= 0.6 is 0 Å². The van der Waals surface area contributed by atoms with Crippen molar-refractivity contribution in [3.05, 3.63) is 0 Å². The van der Waals surface area contributed by atoms with Crippen molar-refractivity contribution < 1.29 is 24.2 Å². The van der Waals surface area contributed by atoms with E-state index in [4.69, 9.17) is 9.84 Å². The predicted molar refractivity (Wildman–Crippen MR) is 78.1 cm³/mol. The van der Waals surface area contributed by atoms with E-state index in [1.807, 2.05) is 0 Å². The fraction of sp³-hybridized carbons (Fsp3) is 0.800. The van der Waals surface area contributed by atoms with Gasteiger partial charge in [0.25, 0.3) is 0 Å². The number of hydrogen-bond donors (Lipinski definition) is 1. The van der Waals surface area contributed by atoms with Gasteiger partial charge in [0.1, 0.15) is 0 Å². The summed E-state index contributed by atoms with van der Waals surface area (Å²) in [5.74, 6) is -1.75. The summed E-state index contributed by atoms with van der Waals surface area (Å²) in [6.45, 7) is 2.24. The molecule has 0 aromatic carbocycles. The van der Waals surface area contributed by atoms with Crippen LogP contribution < -0.4 is 0 Å². The van der Waals surface area contributed by atoms with Gasteiger partial charge in [-0.25, -0.2) is 0 Å². The molecule has 2 rings (SSSR count). The summed E-state index contributed by atoms with van der Waals surface area (Å²) in [6, 6.07) is 0. The number of ether oxygens (including phenoxy) is 1. The van der Waals surface area contributed by atoms with Crippen LogP contribution in [0, 0.1) is 11.8 Å². The lowest BCUT2D eigenvalue weighted by Gasteiger charge is -2.31. The number of carboxylic acid groups (broad SMARTS) is 1. The maximum atomic E-state index is 12.4. The third kappa shape index (κ3) is 4.19.